The van der Waals surface area contributed by atoms with Crippen LogP contribution < -0.4 is 0 Å². The van der Waals surface area contributed by atoms with E-state index in [0.717, 1.165) is 12.5 Å². The third-order valence-corrected chi connectivity index (χ3v) is 1.13. The smallest absolute Gasteiger partial charge is 0.305 e. The van der Waals surface area contributed by atoms with Crippen LogP contribution in [-0.2, 0) is 14.3 Å². The lowest BCUT2D eigenvalue weighted by Gasteiger charge is -1.91. The van der Waals surface area contributed by atoms with Crippen LogP contribution in [0, 0.1) is 0 Å². The monoisotopic (exact) mass is 174 g/mol. The Morgan fingerprint density at radius 3 is 2.36 bits per heavy atom. The maximum absolute atomic E-state index is 10.3. The largest absolute Gasteiger partial charge is 0.391 e. The number of allylic oxidation sites excluding steroid dienone is 4. The fourth-order valence-electron chi connectivity index (χ4n) is 0.321. The van der Waals surface area contributed by atoms with Crippen molar-refractivity contribution in [2.24, 2.45) is 0 Å². The van der Waals surface area contributed by atoms with Crippen molar-refractivity contribution in [3.8, 4) is 0 Å². The van der Waals surface area contributed by atoms with Crippen molar-refractivity contribution < 1.29 is 12.6 Å². The van der Waals surface area contributed by atoms with Crippen molar-refractivity contribution in [1.82, 2.24) is 0 Å². The van der Waals surface area contributed by atoms with E-state index in [-0.39, 0.29) is 0 Å². The van der Waals surface area contributed by atoms with Gasteiger partial charge in [-0.05, 0) is 6.08 Å². The molecule has 0 aromatic heterocycles. The fourth-order valence-corrected chi connectivity index (χ4v) is 0.587. The summed E-state index contributed by atoms with van der Waals surface area (Å²) in [4.78, 5) is 0. The van der Waals surface area contributed by atoms with E-state index in [0.29, 0.717) is 0 Å². The van der Waals surface area contributed by atoms with Crippen molar-refractivity contribution in [1.29, 1.82) is 0 Å². The van der Waals surface area contributed by atoms with Gasteiger partial charge in [0.25, 0.3) is 0 Å². The number of rotatable bonds is 4. The highest BCUT2D eigenvalue weighted by Crippen LogP contribution is 1.87. The second-order valence-corrected chi connectivity index (χ2v) is 3.35. The summed E-state index contributed by atoms with van der Waals surface area (Å²) in [5.74, 6) is 0. The molecule has 0 N–H and O–H groups in total. The molecule has 0 saturated carbocycles. The van der Waals surface area contributed by atoms with Gasteiger partial charge in [-0.1, -0.05) is 24.8 Å². The average Bonchev–Trinajstić information content (AvgIpc) is 1.85. The minimum absolute atomic E-state index is 0.981. The van der Waals surface area contributed by atoms with Crippen molar-refractivity contribution in [2.75, 3.05) is 6.26 Å². The molecule has 0 rings (SSSR count). The van der Waals surface area contributed by atoms with Gasteiger partial charge in [-0.25, -0.2) is 0 Å². The van der Waals surface area contributed by atoms with Gasteiger partial charge >= 0.3 is 10.1 Å². The number of hydrogen-bond donors (Lipinski definition) is 0. The van der Waals surface area contributed by atoms with Crippen LogP contribution in [0.3, 0.4) is 0 Å². The lowest BCUT2D eigenvalue weighted by molar-refractivity contribution is 0.450. The predicted octanol–water partition coefficient (Wildman–Crippen LogP) is 1.22. The quantitative estimate of drug-likeness (QED) is 0.365. The van der Waals surface area contributed by atoms with E-state index in [1.54, 1.807) is 18.2 Å². The Hall–Kier alpha value is -1.03. The maximum atomic E-state index is 10.3. The minimum atomic E-state index is -3.36. The summed E-state index contributed by atoms with van der Waals surface area (Å²) in [6.07, 6.45) is 8.37. The van der Waals surface area contributed by atoms with Gasteiger partial charge in [-0.15, -0.1) is 0 Å². The molecule has 0 aromatic carbocycles. The zero-order valence-corrected chi connectivity index (χ0v) is 7.04. The first-order valence-corrected chi connectivity index (χ1v) is 4.70. The first kappa shape index (κ1) is 9.97. The lowest BCUT2D eigenvalue weighted by atomic mass is 10.5. The van der Waals surface area contributed by atoms with Crippen molar-refractivity contribution in [3.63, 3.8) is 0 Å². The Kier molecular flexibility index (Phi) is 4.29. The van der Waals surface area contributed by atoms with Gasteiger partial charge in [0.2, 0.25) is 0 Å². The molecule has 0 aliphatic heterocycles. The third kappa shape index (κ3) is 8.97. The lowest BCUT2D eigenvalue weighted by Crippen LogP contribution is -1.95. The topological polar surface area (TPSA) is 43.4 Å². The molecule has 3 nitrogen and oxygen atoms in total. The van der Waals surface area contributed by atoms with Crippen LogP contribution in [0.2, 0.25) is 0 Å². The molecule has 0 aliphatic rings. The number of hydrogen-bond acceptors (Lipinski definition) is 3. The Labute approximate surface area is 66.8 Å². The third-order valence-electron chi connectivity index (χ3n) is 0.667. The molecule has 0 spiro atoms. The van der Waals surface area contributed by atoms with E-state index in [2.05, 4.69) is 10.8 Å². The summed E-state index contributed by atoms with van der Waals surface area (Å²) in [5, 5.41) is 0. The highest BCUT2D eigenvalue weighted by atomic mass is 32.2. The molecule has 0 unspecified atom stereocenters. The second kappa shape index (κ2) is 4.73. The Balaban J connectivity index is 3.80. The zero-order valence-electron chi connectivity index (χ0n) is 6.23. The van der Waals surface area contributed by atoms with Crippen LogP contribution in [0.1, 0.15) is 0 Å². The second-order valence-electron chi connectivity index (χ2n) is 1.75. The molecule has 0 aromatic rings. The van der Waals surface area contributed by atoms with E-state index < -0.39 is 10.1 Å². The highest BCUT2D eigenvalue weighted by Gasteiger charge is 1.93. The molecule has 0 fully saturated rings. The molecular formula is C7H10O3S. The maximum Gasteiger partial charge on any atom is 0.305 e. The first-order chi connectivity index (χ1) is 5.06. The fraction of sp³-hybridized carbons (Fsp3) is 0.143. The van der Waals surface area contributed by atoms with Crippen LogP contribution in [0.5, 0.6) is 0 Å². The van der Waals surface area contributed by atoms with Crippen LogP contribution >= 0.6 is 0 Å². The molecule has 0 radical (unpaired) electrons. The van der Waals surface area contributed by atoms with Gasteiger partial charge in [-0.3, -0.25) is 0 Å². The standard InChI is InChI=1S/C7H10O3S/c1-3-4-5-6-7-10-11(2,8)9/h3-7H,1H2,2H3/b5-4-,7-6?. The summed E-state index contributed by atoms with van der Waals surface area (Å²) >= 11 is 0. The van der Waals surface area contributed by atoms with E-state index in [9.17, 15) is 8.42 Å². The van der Waals surface area contributed by atoms with Gasteiger partial charge < -0.3 is 4.18 Å². The average molecular weight is 174 g/mol. The van der Waals surface area contributed by atoms with Crippen LogP contribution in [0.25, 0.3) is 0 Å². The predicted molar refractivity (Wildman–Crippen MR) is 44.4 cm³/mol. The van der Waals surface area contributed by atoms with Crippen molar-refractivity contribution >= 4 is 10.1 Å². The molecule has 0 heterocycles. The molecule has 4 heteroatoms. The van der Waals surface area contributed by atoms with Gasteiger partial charge in [0, 0.05) is 0 Å². The molecule has 0 saturated heterocycles. The van der Waals surface area contributed by atoms with Gasteiger partial charge in [0.15, 0.2) is 0 Å². The van der Waals surface area contributed by atoms with Gasteiger partial charge in [-0.2, -0.15) is 8.42 Å². The van der Waals surface area contributed by atoms with Crippen LogP contribution in [-0.4, -0.2) is 14.7 Å². The summed E-state index contributed by atoms with van der Waals surface area (Å²) < 4.78 is 25.0. The molecule has 62 valence electrons. The normalized spacial score (nSPS) is 12.5. The van der Waals surface area contributed by atoms with E-state index in [4.69, 9.17) is 0 Å². The molecule has 0 aliphatic carbocycles. The SMILES string of the molecule is C=C/C=C\C=COS(C)(=O)=O. The van der Waals surface area contributed by atoms with Crippen LogP contribution in [0.4, 0.5) is 0 Å². The molecule has 0 atom stereocenters. The van der Waals surface area contributed by atoms with Gasteiger partial charge in [0.1, 0.15) is 6.26 Å². The Bertz CT molecular complexity index is 259. The molecular weight excluding hydrogens is 164 g/mol. The zero-order chi connectivity index (χ0) is 8.74. The molecule has 11 heavy (non-hydrogen) atoms. The highest BCUT2D eigenvalue weighted by molar-refractivity contribution is 7.86. The van der Waals surface area contributed by atoms with Crippen LogP contribution in [0.15, 0.2) is 37.1 Å². The first-order valence-electron chi connectivity index (χ1n) is 2.89. The van der Waals surface area contributed by atoms with E-state index >= 15 is 0 Å². The summed E-state index contributed by atoms with van der Waals surface area (Å²) in [5.41, 5.74) is 0. The summed E-state index contributed by atoms with van der Waals surface area (Å²) in [6, 6.07) is 0. The minimum Gasteiger partial charge on any atom is -0.391 e. The van der Waals surface area contributed by atoms with E-state index in [1.165, 1.54) is 6.08 Å². The van der Waals surface area contributed by atoms with E-state index in [1.807, 2.05) is 0 Å². The molecule has 0 bridgehead atoms. The van der Waals surface area contributed by atoms with Gasteiger partial charge in [0.05, 0.1) is 6.26 Å². The summed E-state index contributed by atoms with van der Waals surface area (Å²) in [6.45, 7) is 3.43. The Morgan fingerprint density at radius 1 is 1.27 bits per heavy atom. The summed E-state index contributed by atoms with van der Waals surface area (Å²) in [7, 11) is -3.36. The van der Waals surface area contributed by atoms with Crippen molar-refractivity contribution in [3.05, 3.63) is 37.1 Å². The van der Waals surface area contributed by atoms with Crippen molar-refractivity contribution in [2.45, 2.75) is 0 Å². The Morgan fingerprint density at radius 2 is 1.91 bits per heavy atom. The molecule has 0 amide bonds.